The Morgan fingerprint density at radius 1 is 1.17 bits per heavy atom. The van der Waals surface area contributed by atoms with Crippen LogP contribution in [0.3, 0.4) is 0 Å². The fraction of sp³-hybridized carbons (Fsp3) is 0.600. The van der Waals surface area contributed by atoms with Crippen LogP contribution in [0.5, 0.6) is 5.75 Å². The van der Waals surface area contributed by atoms with Crippen LogP contribution in [0, 0.1) is 0 Å². The Morgan fingerprint density at radius 3 is 2.78 bits per heavy atom. The van der Waals surface area contributed by atoms with E-state index in [0.29, 0.717) is 12.0 Å². The molecule has 0 bridgehead atoms. The van der Waals surface area contributed by atoms with Crippen LogP contribution in [0.2, 0.25) is 0 Å². The van der Waals surface area contributed by atoms with Gasteiger partial charge in [-0.2, -0.15) is 0 Å². The predicted molar refractivity (Wildman–Crippen MR) is 72.9 cm³/mol. The van der Waals surface area contributed by atoms with Crippen LogP contribution < -0.4 is 10.5 Å². The van der Waals surface area contributed by atoms with Gasteiger partial charge >= 0.3 is 0 Å². The van der Waals surface area contributed by atoms with Crippen molar-refractivity contribution in [2.75, 3.05) is 26.2 Å². The van der Waals surface area contributed by atoms with Crippen LogP contribution in [0.1, 0.15) is 30.7 Å². The number of hydrogen-bond donors (Lipinski definition) is 1. The largest absolute Gasteiger partial charge is 0.493 e. The van der Waals surface area contributed by atoms with Gasteiger partial charge < -0.3 is 15.4 Å². The zero-order chi connectivity index (χ0) is 12.4. The Balaban J connectivity index is 1.67. The Hall–Kier alpha value is -1.06. The second-order valence-corrected chi connectivity index (χ2v) is 5.51. The number of benzene rings is 1. The van der Waals surface area contributed by atoms with E-state index in [9.17, 15) is 0 Å². The van der Waals surface area contributed by atoms with E-state index < -0.39 is 0 Å². The van der Waals surface area contributed by atoms with Crippen LogP contribution in [0.15, 0.2) is 24.3 Å². The molecular weight excluding hydrogens is 224 g/mol. The highest BCUT2D eigenvalue weighted by Crippen LogP contribution is 2.34. The second kappa shape index (κ2) is 5.29. The van der Waals surface area contributed by atoms with E-state index in [1.807, 2.05) is 0 Å². The van der Waals surface area contributed by atoms with E-state index in [4.69, 9.17) is 10.5 Å². The summed E-state index contributed by atoms with van der Waals surface area (Å²) in [7, 11) is 0. The van der Waals surface area contributed by atoms with E-state index in [1.54, 1.807) is 0 Å². The molecule has 0 amide bonds. The molecule has 1 fully saturated rings. The van der Waals surface area contributed by atoms with Gasteiger partial charge in [0.05, 0.1) is 6.61 Å². The zero-order valence-electron chi connectivity index (χ0n) is 10.8. The molecule has 3 rings (SSSR count). The molecule has 2 heterocycles. The first kappa shape index (κ1) is 12.0. The highest BCUT2D eigenvalue weighted by atomic mass is 16.5. The lowest BCUT2D eigenvalue weighted by atomic mass is 9.92. The molecule has 0 aromatic heterocycles. The normalized spacial score (nSPS) is 25.5. The average molecular weight is 246 g/mol. The van der Waals surface area contributed by atoms with E-state index >= 15 is 0 Å². The van der Waals surface area contributed by atoms with Gasteiger partial charge in [-0.1, -0.05) is 18.2 Å². The van der Waals surface area contributed by atoms with Gasteiger partial charge in [0.15, 0.2) is 0 Å². The van der Waals surface area contributed by atoms with Crippen molar-refractivity contribution in [3.05, 3.63) is 29.8 Å². The molecule has 1 saturated heterocycles. The van der Waals surface area contributed by atoms with Crippen LogP contribution in [0.4, 0.5) is 0 Å². The summed E-state index contributed by atoms with van der Waals surface area (Å²) in [6, 6.07) is 8.90. The molecular formula is C15H22N2O. The van der Waals surface area contributed by atoms with Gasteiger partial charge in [-0.3, -0.25) is 0 Å². The minimum atomic E-state index is 0.420. The molecule has 2 N–H and O–H groups in total. The summed E-state index contributed by atoms with van der Waals surface area (Å²) >= 11 is 0. The Kier molecular flexibility index (Phi) is 3.52. The molecule has 2 aliphatic rings. The van der Waals surface area contributed by atoms with Gasteiger partial charge in [-0.25, -0.2) is 0 Å². The molecule has 1 aromatic rings. The van der Waals surface area contributed by atoms with E-state index in [0.717, 1.165) is 51.3 Å². The van der Waals surface area contributed by atoms with E-state index in [-0.39, 0.29) is 0 Å². The van der Waals surface area contributed by atoms with Crippen LogP contribution in [-0.4, -0.2) is 37.2 Å². The maximum Gasteiger partial charge on any atom is 0.122 e. The highest BCUT2D eigenvalue weighted by Gasteiger charge is 2.25. The molecule has 98 valence electrons. The first-order valence-corrected chi connectivity index (χ1v) is 7.02. The summed E-state index contributed by atoms with van der Waals surface area (Å²) in [6.07, 6.45) is 3.43. The monoisotopic (exact) mass is 246 g/mol. The molecule has 2 aliphatic heterocycles. The van der Waals surface area contributed by atoms with Crippen molar-refractivity contribution in [2.24, 2.45) is 5.73 Å². The number of fused-ring (bicyclic) bond motifs is 1. The van der Waals surface area contributed by atoms with Gasteiger partial charge in [0.25, 0.3) is 0 Å². The van der Waals surface area contributed by atoms with Crippen molar-refractivity contribution in [3.63, 3.8) is 0 Å². The minimum absolute atomic E-state index is 0.420. The topological polar surface area (TPSA) is 38.5 Å². The SMILES string of the molecule is NC1CCN(CC2CCOc3ccccc32)CC1. The molecule has 0 aliphatic carbocycles. The fourth-order valence-corrected chi connectivity index (χ4v) is 3.05. The number of rotatable bonds is 2. The van der Waals surface area contributed by atoms with Crippen molar-refractivity contribution >= 4 is 0 Å². The summed E-state index contributed by atoms with van der Waals surface area (Å²) in [6.45, 7) is 4.32. The lowest BCUT2D eigenvalue weighted by Gasteiger charge is -2.35. The fourth-order valence-electron chi connectivity index (χ4n) is 3.05. The number of piperidine rings is 1. The third-order valence-corrected chi connectivity index (χ3v) is 4.19. The number of hydrogen-bond acceptors (Lipinski definition) is 3. The Labute approximate surface area is 109 Å². The minimum Gasteiger partial charge on any atom is -0.493 e. The summed E-state index contributed by atoms with van der Waals surface area (Å²) < 4.78 is 5.72. The summed E-state index contributed by atoms with van der Waals surface area (Å²) in [5.74, 6) is 1.71. The Bertz CT molecular complexity index is 399. The standard InChI is InChI=1S/C15H22N2O/c16-13-5-8-17(9-6-13)11-12-7-10-18-15-4-2-1-3-14(12)15/h1-4,12-13H,5-11,16H2. The van der Waals surface area contributed by atoms with Gasteiger partial charge in [0.2, 0.25) is 0 Å². The molecule has 0 saturated carbocycles. The smallest absolute Gasteiger partial charge is 0.122 e. The first-order valence-electron chi connectivity index (χ1n) is 7.02. The predicted octanol–water partition coefficient (Wildman–Crippen LogP) is 1.98. The summed E-state index contributed by atoms with van der Waals surface area (Å²) in [5, 5.41) is 0. The number of para-hydroxylation sites is 1. The van der Waals surface area contributed by atoms with Crippen molar-refractivity contribution in [1.29, 1.82) is 0 Å². The van der Waals surface area contributed by atoms with Gasteiger partial charge in [-0.05, 0) is 44.0 Å². The maximum atomic E-state index is 5.96. The van der Waals surface area contributed by atoms with Crippen molar-refractivity contribution < 1.29 is 4.74 Å². The summed E-state index contributed by atoms with van der Waals surface area (Å²) in [4.78, 5) is 2.57. The average Bonchev–Trinajstić information content (AvgIpc) is 2.42. The van der Waals surface area contributed by atoms with Crippen LogP contribution in [-0.2, 0) is 0 Å². The lowest BCUT2D eigenvalue weighted by Crippen LogP contribution is -2.41. The number of nitrogens with zero attached hydrogens (tertiary/aromatic N) is 1. The molecule has 1 unspecified atom stereocenters. The highest BCUT2D eigenvalue weighted by molar-refractivity contribution is 5.37. The van der Waals surface area contributed by atoms with E-state index in [1.165, 1.54) is 5.56 Å². The Morgan fingerprint density at radius 2 is 1.94 bits per heavy atom. The van der Waals surface area contributed by atoms with E-state index in [2.05, 4.69) is 29.2 Å². The molecule has 1 aromatic carbocycles. The number of likely N-dealkylation sites (tertiary alicyclic amines) is 1. The third-order valence-electron chi connectivity index (χ3n) is 4.19. The summed E-state index contributed by atoms with van der Waals surface area (Å²) in [5.41, 5.74) is 7.35. The zero-order valence-corrected chi connectivity index (χ0v) is 10.8. The van der Waals surface area contributed by atoms with Gasteiger partial charge in [0, 0.05) is 18.5 Å². The molecule has 3 nitrogen and oxygen atoms in total. The second-order valence-electron chi connectivity index (χ2n) is 5.51. The van der Waals surface area contributed by atoms with Crippen LogP contribution in [0.25, 0.3) is 0 Å². The quantitative estimate of drug-likeness (QED) is 0.867. The number of ether oxygens (including phenoxy) is 1. The molecule has 18 heavy (non-hydrogen) atoms. The molecule has 0 spiro atoms. The third kappa shape index (κ3) is 2.52. The van der Waals surface area contributed by atoms with Gasteiger partial charge in [-0.15, -0.1) is 0 Å². The van der Waals surface area contributed by atoms with Crippen molar-refractivity contribution in [3.8, 4) is 5.75 Å². The van der Waals surface area contributed by atoms with Gasteiger partial charge in [0.1, 0.15) is 5.75 Å². The van der Waals surface area contributed by atoms with Crippen molar-refractivity contribution in [1.82, 2.24) is 4.90 Å². The first-order chi connectivity index (χ1) is 8.83. The molecule has 1 atom stereocenters. The molecule has 0 radical (unpaired) electrons. The number of nitrogens with two attached hydrogens (primary N) is 1. The van der Waals surface area contributed by atoms with Crippen LogP contribution >= 0.6 is 0 Å². The lowest BCUT2D eigenvalue weighted by molar-refractivity contribution is 0.179. The molecule has 3 heteroatoms. The van der Waals surface area contributed by atoms with Crippen molar-refractivity contribution in [2.45, 2.75) is 31.2 Å². The maximum absolute atomic E-state index is 5.96.